The molecule has 12 rings (SSSR count). The van der Waals surface area contributed by atoms with Crippen molar-refractivity contribution in [3.63, 3.8) is 0 Å². The molecule has 2 nitrogen and oxygen atoms in total. The Labute approximate surface area is 312 Å². The van der Waals surface area contributed by atoms with Crippen molar-refractivity contribution in [3.05, 3.63) is 167 Å². The van der Waals surface area contributed by atoms with E-state index in [-0.39, 0.29) is 0 Å². The SMILES string of the molecule is CC1CC=Cc2sc3cccc(-c4ccc5c(c4)CC4CC=C(n6c7ccccc7c7ccc8c9ccccc9n(-c9ccccc9)c8c76)C=C54)c3c21. The van der Waals surface area contributed by atoms with E-state index in [9.17, 15) is 0 Å². The van der Waals surface area contributed by atoms with Gasteiger partial charge in [-0.2, -0.15) is 0 Å². The standard InChI is InChI=1S/C50H36N2S/c1-30-11-9-19-45-47(30)48-37(16-10-20-46(48)53-45)31-22-24-36-33(27-31)28-32-21-23-35(29-42(32)36)52-44-18-8-6-15-39(44)41-26-25-40-38-14-5-7-17-43(38)51(49(40)50(41)52)34-12-3-2-4-13-34/h2-10,12-20,22-27,29-30,32H,11,21,28H2,1H3. The molecule has 0 aliphatic heterocycles. The normalized spacial score (nSPS) is 17.8. The number of hydrogen-bond donors (Lipinski definition) is 0. The number of allylic oxidation sites excluding steroid dienone is 5. The van der Waals surface area contributed by atoms with E-state index in [2.05, 4.69) is 168 Å². The maximum atomic E-state index is 2.57. The van der Waals surface area contributed by atoms with Gasteiger partial charge in [0, 0.05) is 47.9 Å². The maximum absolute atomic E-state index is 2.57. The summed E-state index contributed by atoms with van der Waals surface area (Å²) >= 11 is 1.95. The molecule has 0 amide bonds. The van der Waals surface area contributed by atoms with Gasteiger partial charge in [-0.05, 0) is 107 Å². The monoisotopic (exact) mass is 696 g/mol. The third kappa shape index (κ3) is 4.14. The Balaban J connectivity index is 1.05. The van der Waals surface area contributed by atoms with Crippen LogP contribution in [-0.4, -0.2) is 9.13 Å². The Morgan fingerprint density at radius 3 is 2.19 bits per heavy atom. The van der Waals surface area contributed by atoms with Crippen LogP contribution in [0, 0.1) is 5.92 Å². The number of fused-ring (bicyclic) bond motifs is 13. The zero-order chi connectivity index (χ0) is 34.8. The maximum Gasteiger partial charge on any atom is 0.0788 e. The van der Waals surface area contributed by atoms with Crippen molar-refractivity contribution in [2.24, 2.45) is 5.92 Å². The van der Waals surface area contributed by atoms with Crippen LogP contribution in [0.15, 0.2) is 146 Å². The smallest absolute Gasteiger partial charge is 0.0788 e. The van der Waals surface area contributed by atoms with E-state index in [0.717, 1.165) is 19.3 Å². The number of aromatic nitrogens is 2. The molecule has 0 radical (unpaired) electrons. The molecule has 9 aromatic rings. The summed E-state index contributed by atoms with van der Waals surface area (Å²) < 4.78 is 6.45. The molecule has 6 aromatic carbocycles. The van der Waals surface area contributed by atoms with E-state index in [0.29, 0.717) is 11.8 Å². The van der Waals surface area contributed by atoms with E-state index >= 15 is 0 Å². The largest absolute Gasteiger partial charge is 0.307 e. The molecule has 0 saturated heterocycles. The molecule has 0 saturated carbocycles. The first kappa shape index (κ1) is 29.7. The number of benzene rings is 6. The molecular formula is C50H36N2S. The highest BCUT2D eigenvalue weighted by molar-refractivity contribution is 7.20. The van der Waals surface area contributed by atoms with Gasteiger partial charge in [0.2, 0.25) is 0 Å². The first-order chi connectivity index (χ1) is 26.2. The fourth-order valence-corrected chi connectivity index (χ4v) is 11.3. The highest BCUT2D eigenvalue weighted by Crippen LogP contribution is 2.49. The summed E-state index contributed by atoms with van der Waals surface area (Å²) in [5, 5.41) is 6.62. The third-order valence-corrected chi connectivity index (χ3v) is 13.5. The van der Waals surface area contributed by atoms with Crippen LogP contribution in [0.5, 0.6) is 0 Å². The Morgan fingerprint density at radius 2 is 1.38 bits per heavy atom. The average Bonchev–Trinajstić information content (AvgIpc) is 3.95. The van der Waals surface area contributed by atoms with Crippen molar-refractivity contribution in [1.29, 1.82) is 0 Å². The summed E-state index contributed by atoms with van der Waals surface area (Å²) in [6.45, 7) is 2.39. The zero-order valence-corrected chi connectivity index (χ0v) is 30.3. The van der Waals surface area contributed by atoms with Crippen molar-refractivity contribution < 1.29 is 0 Å². The summed E-state index contributed by atoms with van der Waals surface area (Å²) in [5.74, 6) is 1.05. The van der Waals surface area contributed by atoms with Crippen LogP contribution in [0.3, 0.4) is 0 Å². The lowest BCUT2D eigenvalue weighted by Gasteiger charge is -2.20. The minimum Gasteiger partial charge on any atom is -0.307 e. The quantitative estimate of drug-likeness (QED) is 0.174. The van der Waals surface area contributed by atoms with Crippen LogP contribution >= 0.6 is 11.3 Å². The Bertz CT molecular complexity index is 3100. The van der Waals surface area contributed by atoms with E-state index in [4.69, 9.17) is 0 Å². The lowest BCUT2D eigenvalue weighted by atomic mass is 9.87. The molecule has 0 fully saturated rings. The van der Waals surface area contributed by atoms with Crippen molar-refractivity contribution in [1.82, 2.24) is 9.13 Å². The number of hydrogen-bond acceptors (Lipinski definition) is 1. The molecule has 0 bridgehead atoms. The van der Waals surface area contributed by atoms with Crippen LogP contribution in [0.4, 0.5) is 0 Å². The summed E-state index contributed by atoms with van der Waals surface area (Å²) in [4.78, 5) is 1.44. The summed E-state index contributed by atoms with van der Waals surface area (Å²) in [7, 11) is 0. The van der Waals surface area contributed by atoms with Crippen LogP contribution in [0.1, 0.15) is 47.3 Å². The minimum atomic E-state index is 0.503. The van der Waals surface area contributed by atoms with Gasteiger partial charge in [0.05, 0.1) is 22.1 Å². The van der Waals surface area contributed by atoms with Gasteiger partial charge >= 0.3 is 0 Å². The van der Waals surface area contributed by atoms with E-state index in [1.165, 1.54) is 97.8 Å². The second-order valence-corrected chi connectivity index (χ2v) is 16.3. The first-order valence-corrected chi connectivity index (χ1v) is 19.8. The predicted octanol–water partition coefficient (Wildman–Crippen LogP) is 13.8. The molecular weight excluding hydrogens is 661 g/mol. The molecule has 2 unspecified atom stereocenters. The fraction of sp³-hybridized carbons (Fsp3) is 0.120. The van der Waals surface area contributed by atoms with Gasteiger partial charge in [-0.1, -0.05) is 116 Å². The summed E-state index contributed by atoms with van der Waals surface area (Å²) in [6.07, 6.45) is 13.0. The number of nitrogens with zero attached hydrogens (tertiary/aromatic N) is 2. The van der Waals surface area contributed by atoms with Gasteiger partial charge in [-0.15, -0.1) is 11.3 Å². The minimum absolute atomic E-state index is 0.503. The van der Waals surface area contributed by atoms with E-state index in [1.54, 1.807) is 5.56 Å². The second kappa shape index (κ2) is 11.1. The lowest BCUT2D eigenvalue weighted by Crippen LogP contribution is -2.06. The van der Waals surface area contributed by atoms with Crippen molar-refractivity contribution in [3.8, 4) is 16.8 Å². The summed E-state index contributed by atoms with van der Waals surface area (Å²) in [5.41, 5.74) is 16.1. The van der Waals surface area contributed by atoms with Gasteiger partial charge in [0.25, 0.3) is 0 Å². The molecule has 53 heavy (non-hydrogen) atoms. The molecule has 2 atom stereocenters. The van der Waals surface area contributed by atoms with Gasteiger partial charge in [0.1, 0.15) is 0 Å². The highest BCUT2D eigenvalue weighted by atomic mass is 32.1. The molecule has 3 aliphatic rings. The zero-order valence-electron chi connectivity index (χ0n) is 29.5. The molecule has 3 heteroatoms. The van der Waals surface area contributed by atoms with Gasteiger partial charge < -0.3 is 9.13 Å². The molecule has 3 aliphatic carbocycles. The van der Waals surface area contributed by atoms with Gasteiger partial charge in [-0.3, -0.25) is 0 Å². The molecule has 3 heterocycles. The van der Waals surface area contributed by atoms with Crippen molar-refractivity contribution >= 4 is 82.4 Å². The van der Waals surface area contributed by atoms with Crippen LogP contribution < -0.4 is 0 Å². The molecule has 0 spiro atoms. The van der Waals surface area contributed by atoms with Crippen molar-refractivity contribution in [2.45, 2.75) is 32.1 Å². The average molecular weight is 697 g/mol. The third-order valence-electron chi connectivity index (χ3n) is 12.3. The topological polar surface area (TPSA) is 9.86 Å². The highest BCUT2D eigenvalue weighted by Gasteiger charge is 2.31. The number of thiophene rings is 1. The lowest BCUT2D eigenvalue weighted by molar-refractivity contribution is 0.701. The summed E-state index contributed by atoms with van der Waals surface area (Å²) in [6, 6.07) is 47.7. The second-order valence-electron chi connectivity index (χ2n) is 15.2. The van der Waals surface area contributed by atoms with Crippen LogP contribution in [0.2, 0.25) is 0 Å². The van der Waals surface area contributed by atoms with E-state index in [1.807, 2.05) is 11.3 Å². The molecule has 3 aromatic heterocycles. The fourth-order valence-electron chi connectivity index (χ4n) is 10.0. The first-order valence-electron chi connectivity index (χ1n) is 19.0. The Morgan fingerprint density at radius 1 is 0.642 bits per heavy atom. The van der Waals surface area contributed by atoms with E-state index < -0.39 is 0 Å². The Hall–Kier alpha value is -5.90. The molecule has 252 valence electrons. The molecule has 0 N–H and O–H groups in total. The Kier molecular flexibility index (Phi) is 6.18. The van der Waals surface area contributed by atoms with Crippen LogP contribution in [-0.2, 0) is 6.42 Å². The van der Waals surface area contributed by atoms with Gasteiger partial charge in [0.15, 0.2) is 0 Å². The van der Waals surface area contributed by atoms with Gasteiger partial charge in [-0.25, -0.2) is 0 Å². The van der Waals surface area contributed by atoms with Crippen LogP contribution in [0.25, 0.3) is 87.9 Å². The van der Waals surface area contributed by atoms with Crippen molar-refractivity contribution in [2.75, 3.05) is 0 Å². The predicted molar refractivity (Wildman–Crippen MR) is 227 cm³/mol. The number of rotatable bonds is 3. The number of para-hydroxylation sites is 3.